The van der Waals surface area contributed by atoms with Gasteiger partial charge in [0.15, 0.2) is 0 Å². The average Bonchev–Trinajstić information content (AvgIpc) is 2.77. The Morgan fingerprint density at radius 1 is 0.774 bits per heavy atom. The molecule has 0 spiro atoms. The van der Waals surface area contributed by atoms with Crippen molar-refractivity contribution in [2.45, 2.75) is 27.4 Å². The Labute approximate surface area is 184 Å². The molecule has 0 heterocycles. The number of nitrogens with zero attached hydrogens (tertiary/aromatic N) is 1. The van der Waals surface area contributed by atoms with Gasteiger partial charge in [-0.2, -0.15) is 0 Å². The zero-order valence-corrected chi connectivity index (χ0v) is 18.4. The summed E-state index contributed by atoms with van der Waals surface area (Å²) in [4.78, 5) is 13.6. The molecule has 0 atom stereocenters. The van der Waals surface area contributed by atoms with E-state index in [0.29, 0.717) is 18.8 Å². The van der Waals surface area contributed by atoms with Crippen LogP contribution in [0.3, 0.4) is 0 Å². The fourth-order valence-electron chi connectivity index (χ4n) is 3.08. The van der Waals surface area contributed by atoms with Crippen molar-refractivity contribution in [3.8, 4) is 0 Å². The van der Waals surface area contributed by atoms with Crippen molar-refractivity contribution in [2.24, 2.45) is 0 Å². The number of benzene rings is 3. The molecule has 0 amide bonds. The van der Waals surface area contributed by atoms with E-state index < -0.39 is 0 Å². The molecule has 3 aromatic rings. The molecule has 160 valence electrons. The maximum atomic E-state index is 11.4. The number of hydrogen-bond donors (Lipinski definition) is 0. The summed E-state index contributed by atoms with van der Waals surface area (Å²) in [5.41, 5.74) is 7.20. The number of hydrogen-bond acceptors (Lipinski definition) is 4. The summed E-state index contributed by atoms with van der Waals surface area (Å²) in [6.45, 7) is 10.4. The van der Waals surface area contributed by atoms with Crippen LogP contribution in [-0.2, 0) is 20.9 Å². The summed E-state index contributed by atoms with van der Waals surface area (Å²) in [5, 5.41) is 0. The third kappa shape index (κ3) is 6.30. The molecule has 0 N–H and O–H groups in total. The first-order chi connectivity index (χ1) is 14.9. The van der Waals surface area contributed by atoms with Crippen molar-refractivity contribution in [3.05, 3.63) is 102 Å². The first-order valence-electron chi connectivity index (χ1n) is 10.4. The van der Waals surface area contributed by atoms with Gasteiger partial charge in [-0.25, -0.2) is 4.79 Å². The molecule has 0 saturated heterocycles. The summed E-state index contributed by atoms with van der Waals surface area (Å²) in [6, 6.07) is 25.4. The van der Waals surface area contributed by atoms with E-state index in [2.05, 4.69) is 98.1 Å². The molecule has 0 aliphatic heterocycles. The van der Waals surface area contributed by atoms with Gasteiger partial charge in [-0.3, -0.25) is 0 Å². The maximum absolute atomic E-state index is 11.4. The molecule has 31 heavy (non-hydrogen) atoms. The molecule has 0 bridgehead atoms. The van der Waals surface area contributed by atoms with Crippen molar-refractivity contribution >= 4 is 23.0 Å². The molecule has 0 aliphatic carbocycles. The van der Waals surface area contributed by atoms with Gasteiger partial charge in [0, 0.05) is 22.6 Å². The van der Waals surface area contributed by atoms with Crippen LogP contribution < -0.4 is 4.90 Å². The van der Waals surface area contributed by atoms with Crippen LogP contribution in [0.1, 0.15) is 23.6 Å². The van der Waals surface area contributed by atoms with Gasteiger partial charge in [0.1, 0.15) is 6.61 Å². The van der Waals surface area contributed by atoms with Crippen molar-refractivity contribution in [3.63, 3.8) is 0 Å². The van der Waals surface area contributed by atoms with Crippen LogP contribution in [0.5, 0.6) is 0 Å². The van der Waals surface area contributed by atoms with Crippen molar-refractivity contribution in [2.75, 3.05) is 18.1 Å². The minimum Gasteiger partial charge on any atom is -0.460 e. The average molecular weight is 416 g/mol. The van der Waals surface area contributed by atoms with Crippen molar-refractivity contribution in [1.82, 2.24) is 0 Å². The lowest BCUT2D eigenvalue weighted by Crippen LogP contribution is -2.11. The standard InChI is InChI=1S/C27H29NO3/c1-20(2)27(29)31-18-17-30-19-23-9-15-26(16-10-23)28(24-11-5-21(3)6-12-24)25-13-7-22(4)8-14-25/h5-16H,1,17-19H2,2-4H3. The number of ether oxygens (including phenoxy) is 2. The summed E-state index contributed by atoms with van der Waals surface area (Å²) < 4.78 is 10.7. The molecule has 0 fully saturated rings. The number of esters is 1. The van der Waals surface area contributed by atoms with Crippen LogP contribution in [0.15, 0.2) is 84.9 Å². The lowest BCUT2D eigenvalue weighted by Gasteiger charge is -2.26. The van der Waals surface area contributed by atoms with Crippen LogP contribution in [0.4, 0.5) is 17.1 Å². The first kappa shape index (κ1) is 22.3. The Morgan fingerprint density at radius 2 is 1.23 bits per heavy atom. The lowest BCUT2D eigenvalue weighted by molar-refractivity contribution is -0.140. The van der Waals surface area contributed by atoms with Crippen LogP contribution >= 0.6 is 0 Å². The van der Waals surface area contributed by atoms with E-state index in [1.807, 2.05) is 0 Å². The zero-order chi connectivity index (χ0) is 22.2. The van der Waals surface area contributed by atoms with Gasteiger partial charge in [0.25, 0.3) is 0 Å². The Hall–Kier alpha value is -3.37. The van der Waals surface area contributed by atoms with E-state index in [9.17, 15) is 4.79 Å². The van der Waals surface area contributed by atoms with Crippen LogP contribution in [-0.4, -0.2) is 19.2 Å². The van der Waals surface area contributed by atoms with E-state index in [1.54, 1.807) is 6.92 Å². The molecule has 3 rings (SSSR count). The SMILES string of the molecule is C=C(C)C(=O)OCCOCc1ccc(N(c2ccc(C)cc2)c2ccc(C)cc2)cc1. The normalized spacial score (nSPS) is 10.5. The molecular weight excluding hydrogens is 386 g/mol. The van der Waals surface area contributed by atoms with Crippen LogP contribution in [0, 0.1) is 13.8 Å². The quantitative estimate of drug-likeness (QED) is 0.230. The molecule has 3 aromatic carbocycles. The summed E-state index contributed by atoms with van der Waals surface area (Å²) in [7, 11) is 0. The Morgan fingerprint density at radius 3 is 1.68 bits per heavy atom. The minimum atomic E-state index is -0.389. The topological polar surface area (TPSA) is 38.8 Å². The zero-order valence-electron chi connectivity index (χ0n) is 18.4. The number of rotatable bonds is 9. The maximum Gasteiger partial charge on any atom is 0.333 e. The van der Waals surface area contributed by atoms with Crippen molar-refractivity contribution in [1.29, 1.82) is 0 Å². The van der Waals surface area contributed by atoms with Gasteiger partial charge in [0.05, 0.1) is 13.2 Å². The predicted octanol–water partition coefficient (Wildman–Crippen LogP) is 6.41. The summed E-state index contributed by atoms with van der Waals surface area (Å²) >= 11 is 0. The number of carbonyl (C=O) groups is 1. The fraction of sp³-hybridized carbons (Fsp3) is 0.222. The molecule has 4 nitrogen and oxygen atoms in total. The highest BCUT2D eigenvalue weighted by molar-refractivity contribution is 5.86. The summed E-state index contributed by atoms with van der Waals surface area (Å²) in [6.07, 6.45) is 0. The largest absolute Gasteiger partial charge is 0.460 e. The van der Waals surface area contributed by atoms with E-state index in [4.69, 9.17) is 9.47 Å². The number of aryl methyl sites for hydroxylation is 2. The molecular formula is C27H29NO3. The molecule has 0 aromatic heterocycles. The highest BCUT2D eigenvalue weighted by Crippen LogP contribution is 2.34. The highest BCUT2D eigenvalue weighted by atomic mass is 16.6. The Kier molecular flexibility index (Phi) is 7.63. The molecule has 0 aliphatic rings. The van der Waals surface area contributed by atoms with E-state index in [0.717, 1.165) is 22.6 Å². The van der Waals surface area contributed by atoms with E-state index >= 15 is 0 Å². The Bertz CT molecular complexity index is 960. The van der Waals surface area contributed by atoms with Gasteiger partial charge < -0.3 is 14.4 Å². The second-order valence-corrected chi connectivity index (χ2v) is 7.64. The van der Waals surface area contributed by atoms with E-state index in [1.165, 1.54) is 11.1 Å². The summed E-state index contributed by atoms with van der Waals surface area (Å²) in [5.74, 6) is -0.389. The molecule has 0 saturated carbocycles. The minimum absolute atomic E-state index is 0.221. The third-order valence-corrected chi connectivity index (χ3v) is 4.86. The van der Waals surface area contributed by atoms with Gasteiger partial charge in [-0.05, 0) is 62.7 Å². The van der Waals surface area contributed by atoms with Gasteiger partial charge >= 0.3 is 5.97 Å². The molecule has 0 unspecified atom stereocenters. The van der Waals surface area contributed by atoms with Crippen LogP contribution in [0.25, 0.3) is 0 Å². The first-order valence-corrected chi connectivity index (χ1v) is 10.4. The predicted molar refractivity (Wildman–Crippen MR) is 126 cm³/mol. The van der Waals surface area contributed by atoms with Crippen LogP contribution in [0.2, 0.25) is 0 Å². The highest BCUT2D eigenvalue weighted by Gasteiger charge is 2.12. The fourth-order valence-corrected chi connectivity index (χ4v) is 3.08. The lowest BCUT2D eigenvalue weighted by atomic mass is 10.1. The molecule has 4 heteroatoms. The Balaban J connectivity index is 1.69. The van der Waals surface area contributed by atoms with Crippen molar-refractivity contribution < 1.29 is 14.3 Å². The second kappa shape index (κ2) is 10.6. The van der Waals surface area contributed by atoms with Gasteiger partial charge in [-0.15, -0.1) is 0 Å². The molecule has 0 radical (unpaired) electrons. The monoisotopic (exact) mass is 415 g/mol. The smallest absolute Gasteiger partial charge is 0.333 e. The van der Waals surface area contributed by atoms with Gasteiger partial charge in [-0.1, -0.05) is 54.1 Å². The van der Waals surface area contributed by atoms with E-state index in [-0.39, 0.29) is 12.6 Å². The number of anilines is 3. The van der Waals surface area contributed by atoms with Gasteiger partial charge in [0.2, 0.25) is 0 Å². The second-order valence-electron chi connectivity index (χ2n) is 7.64. The third-order valence-electron chi connectivity index (χ3n) is 4.86. The number of carbonyl (C=O) groups excluding carboxylic acids is 1.